The van der Waals surface area contributed by atoms with E-state index in [-0.39, 0.29) is 18.6 Å². The molecule has 2 N–H and O–H groups in total. The highest BCUT2D eigenvalue weighted by molar-refractivity contribution is 5.90. The van der Waals surface area contributed by atoms with E-state index in [1.165, 1.54) is 0 Å². The smallest absolute Gasteiger partial charge is 0.338 e. The molecule has 0 unspecified atom stereocenters. The third-order valence-corrected chi connectivity index (χ3v) is 3.40. The fourth-order valence-corrected chi connectivity index (χ4v) is 2.17. The van der Waals surface area contributed by atoms with Crippen molar-refractivity contribution in [1.29, 1.82) is 0 Å². The highest BCUT2D eigenvalue weighted by atomic mass is 16.5. The van der Waals surface area contributed by atoms with Gasteiger partial charge in [0.05, 0.1) is 12.2 Å². The maximum Gasteiger partial charge on any atom is 0.338 e. The van der Waals surface area contributed by atoms with Gasteiger partial charge in [-0.05, 0) is 36.6 Å². The molecule has 24 heavy (non-hydrogen) atoms. The molecule has 126 valence electrons. The fraction of sp³-hybridized carbons (Fsp3) is 0.263. The van der Waals surface area contributed by atoms with E-state index in [0.717, 1.165) is 11.1 Å². The number of urea groups is 1. The number of ether oxygens (including phenoxy) is 1. The van der Waals surface area contributed by atoms with Gasteiger partial charge in [-0.2, -0.15) is 0 Å². The molecule has 0 saturated heterocycles. The first kappa shape index (κ1) is 17.5. The predicted octanol–water partition coefficient (Wildman–Crippen LogP) is 3.22. The molecule has 0 aliphatic carbocycles. The van der Waals surface area contributed by atoms with Crippen LogP contribution in [0.15, 0.2) is 54.6 Å². The Labute approximate surface area is 142 Å². The highest BCUT2D eigenvalue weighted by Crippen LogP contribution is 2.19. The molecule has 5 heteroatoms. The van der Waals surface area contributed by atoms with Gasteiger partial charge in [-0.1, -0.05) is 42.5 Å². The summed E-state index contributed by atoms with van der Waals surface area (Å²) in [5, 5.41) is 5.31. The Morgan fingerprint density at radius 1 is 0.917 bits per heavy atom. The molecule has 2 aromatic carbocycles. The van der Waals surface area contributed by atoms with Gasteiger partial charge < -0.3 is 15.4 Å². The summed E-state index contributed by atoms with van der Waals surface area (Å²) < 4.78 is 5.20. The van der Waals surface area contributed by atoms with E-state index in [0.29, 0.717) is 25.1 Å². The molecule has 2 rings (SSSR count). The maximum absolute atomic E-state index is 12.0. The second-order valence-corrected chi connectivity index (χ2v) is 5.22. The van der Waals surface area contributed by atoms with Crippen LogP contribution in [0.25, 0.3) is 11.1 Å². The van der Waals surface area contributed by atoms with Gasteiger partial charge in [0.1, 0.15) is 0 Å². The van der Waals surface area contributed by atoms with Gasteiger partial charge in [0, 0.05) is 13.1 Å². The van der Waals surface area contributed by atoms with Gasteiger partial charge in [0.15, 0.2) is 0 Å². The lowest BCUT2D eigenvalue weighted by molar-refractivity contribution is 0.0501. The standard InChI is InChI=1S/C19H22N2O3/c1-2-20-19(23)21-13-6-14-24-18(22)17-11-9-16(10-12-17)15-7-4-3-5-8-15/h3-5,7-12H,2,6,13-14H2,1H3,(H2,20,21,23). The summed E-state index contributed by atoms with van der Waals surface area (Å²) in [6.07, 6.45) is 0.574. The van der Waals surface area contributed by atoms with E-state index < -0.39 is 0 Å². The summed E-state index contributed by atoms with van der Waals surface area (Å²) >= 11 is 0. The molecule has 0 saturated carbocycles. The lowest BCUT2D eigenvalue weighted by atomic mass is 10.0. The Balaban J connectivity index is 1.76. The molecule has 0 spiro atoms. The Kier molecular flexibility index (Phi) is 6.83. The van der Waals surface area contributed by atoms with Crippen molar-refractivity contribution in [2.24, 2.45) is 0 Å². The second kappa shape index (κ2) is 9.35. The van der Waals surface area contributed by atoms with Crippen LogP contribution < -0.4 is 10.6 Å². The van der Waals surface area contributed by atoms with Crippen molar-refractivity contribution in [3.63, 3.8) is 0 Å². The number of carbonyl (C=O) groups excluding carboxylic acids is 2. The van der Waals surface area contributed by atoms with Crippen molar-refractivity contribution in [3.8, 4) is 11.1 Å². The molecule has 0 heterocycles. The van der Waals surface area contributed by atoms with Gasteiger partial charge in [-0.15, -0.1) is 0 Å². The van der Waals surface area contributed by atoms with Crippen molar-refractivity contribution in [2.45, 2.75) is 13.3 Å². The highest BCUT2D eigenvalue weighted by Gasteiger charge is 2.07. The average molecular weight is 326 g/mol. The van der Waals surface area contributed by atoms with Gasteiger partial charge in [0.25, 0.3) is 0 Å². The van der Waals surface area contributed by atoms with Crippen molar-refractivity contribution in [2.75, 3.05) is 19.7 Å². The molecule has 0 fully saturated rings. The molecule has 2 amide bonds. The Morgan fingerprint density at radius 2 is 1.58 bits per heavy atom. The van der Waals surface area contributed by atoms with Gasteiger partial charge >= 0.3 is 12.0 Å². The molecule has 5 nitrogen and oxygen atoms in total. The number of amides is 2. The van der Waals surface area contributed by atoms with Crippen LogP contribution in [0.1, 0.15) is 23.7 Å². The van der Waals surface area contributed by atoms with Crippen molar-refractivity contribution < 1.29 is 14.3 Å². The van der Waals surface area contributed by atoms with Crippen LogP contribution in [0.2, 0.25) is 0 Å². The topological polar surface area (TPSA) is 67.4 Å². The van der Waals surface area contributed by atoms with Crippen LogP contribution in [-0.2, 0) is 4.74 Å². The Hall–Kier alpha value is -2.82. The minimum Gasteiger partial charge on any atom is -0.462 e. The quantitative estimate of drug-likeness (QED) is 0.606. The molecular weight excluding hydrogens is 304 g/mol. The predicted molar refractivity (Wildman–Crippen MR) is 93.9 cm³/mol. The molecular formula is C19H22N2O3. The van der Waals surface area contributed by atoms with Crippen LogP contribution in [0.4, 0.5) is 4.79 Å². The Bertz CT molecular complexity index is 654. The number of nitrogens with one attached hydrogen (secondary N) is 2. The molecule has 0 radical (unpaired) electrons. The zero-order chi connectivity index (χ0) is 17.2. The Morgan fingerprint density at radius 3 is 2.25 bits per heavy atom. The third-order valence-electron chi connectivity index (χ3n) is 3.40. The largest absolute Gasteiger partial charge is 0.462 e. The summed E-state index contributed by atoms with van der Waals surface area (Å²) in [4.78, 5) is 23.2. The first-order valence-corrected chi connectivity index (χ1v) is 8.05. The number of benzene rings is 2. The monoisotopic (exact) mass is 326 g/mol. The molecule has 2 aromatic rings. The van der Waals surface area contributed by atoms with Crippen molar-refractivity contribution in [1.82, 2.24) is 10.6 Å². The van der Waals surface area contributed by atoms with E-state index in [1.54, 1.807) is 12.1 Å². The van der Waals surface area contributed by atoms with E-state index in [9.17, 15) is 9.59 Å². The van der Waals surface area contributed by atoms with Crippen molar-refractivity contribution >= 4 is 12.0 Å². The second-order valence-electron chi connectivity index (χ2n) is 5.22. The van der Waals surface area contributed by atoms with Crippen LogP contribution >= 0.6 is 0 Å². The normalized spacial score (nSPS) is 10.0. The number of rotatable bonds is 7. The lowest BCUT2D eigenvalue weighted by Crippen LogP contribution is -2.36. The summed E-state index contributed by atoms with van der Waals surface area (Å²) in [7, 11) is 0. The van der Waals surface area contributed by atoms with Crippen LogP contribution in [-0.4, -0.2) is 31.7 Å². The summed E-state index contributed by atoms with van der Waals surface area (Å²) in [5.74, 6) is -0.354. The summed E-state index contributed by atoms with van der Waals surface area (Å²) in [5.41, 5.74) is 2.68. The van der Waals surface area contributed by atoms with Crippen LogP contribution in [0.3, 0.4) is 0 Å². The van der Waals surface area contributed by atoms with E-state index in [4.69, 9.17) is 4.74 Å². The van der Waals surface area contributed by atoms with Gasteiger partial charge in [0.2, 0.25) is 0 Å². The number of hydrogen-bond donors (Lipinski definition) is 2. The number of esters is 1. The van der Waals surface area contributed by atoms with E-state index >= 15 is 0 Å². The number of carbonyl (C=O) groups is 2. The van der Waals surface area contributed by atoms with Crippen LogP contribution in [0.5, 0.6) is 0 Å². The fourth-order valence-electron chi connectivity index (χ4n) is 2.17. The van der Waals surface area contributed by atoms with E-state index in [1.807, 2.05) is 49.4 Å². The van der Waals surface area contributed by atoms with E-state index in [2.05, 4.69) is 10.6 Å². The molecule has 0 bridgehead atoms. The summed E-state index contributed by atoms with van der Waals surface area (Å²) in [6, 6.07) is 17.1. The zero-order valence-corrected chi connectivity index (χ0v) is 13.7. The minimum atomic E-state index is -0.354. The third kappa shape index (κ3) is 5.43. The average Bonchev–Trinajstić information content (AvgIpc) is 2.62. The SMILES string of the molecule is CCNC(=O)NCCCOC(=O)c1ccc(-c2ccccc2)cc1. The van der Waals surface area contributed by atoms with Gasteiger partial charge in [-0.3, -0.25) is 0 Å². The molecule has 0 aromatic heterocycles. The number of hydrogen-bond acceptors (Lipinski definition) is 3. The molecule has 0 aliphatic rings. The van der Waals surface area contributed by atoms with Crippen LogP contribution in [0, 0.1) is 0 Å². The lowest BCUT2D eigenvalue weighted by Gasteiger charge is -2.07. The first-order chi connectivity index (χ1) is 11.7. The molecule has 0 atom stereocenters. The maximum atomic E-state index is 12.0. The summed E-state index contributed by atoms with van der Waals surface area (Å²) in [6.45, 7) is 3.17. The van der Waals surface area contributed by atoms with Crippen molar-refractivity contribution in [3.05, 3.63) is 60.2 Å². The van der Waals surface area contributed by atoms with Gasteiger partial charge in [-0.25, -0.2) is 9.59 Å². The zero-order valence-electron chi connectivity index (χ0n) is 13.7. The minimum absolute atomic E-state index is 0.208. The first-order valence-electron chi connectivity index (χ1n) is 8.05. The molecule has 0 aliphatic heterocycles.